The minimum Gasteiger partial charge on any atom is -0.464 e. The molecule has 15 N–H and O–H groups in total. The Bertz CT molecular complexity index is 5700. The van der Waals surface area contributed by atoms with Crippen LogP contribution in [-0.2, 0) is 90.1 Å². The van der Waals surface area contributed by atoms with Crippen LogP contribution in [0.5, 0.6) is 0 Å². The Morgan fingerprint density at radius 1 is 0.459 bits per heavy atom. The average molecular weight is 1900 g/mol. The molecule has 1 unspecified atom stereocenters. The van der Waals surface area contributed by atoms with Gasteiger partial charge in [-0.2, -0.15) is 0 Å². The molecule has 9 aromatic rings. The molecule has 135 heavy (non-hydrogen) atoms. The number of rotatable bonds is 34. The van der Waals surface area contributed by atoms with Crippen LogP contribution in [0.4, 0.5) is 10.5 Å². The van der Waals surface area contributed by atoms with Crippen molar-refractivity contribution in [2.75, 3.05) is 95.4 Å². The summed E-state index contributed by atoms with van der Waals surface area (Å²) in [4.78, 5) is 142. The molecule has 8 heterocycles. The Balaban J connectivity index is 0.000000175. The SMILES string of the molecule is CCN1CCN(CCC(=O)N[C@@H](Cc2coc3ccccc23)B(O)O)C(=O)C1=O.CN1CCN(CCC(=O)N[C@@H](Cc2coc3ccccc23)B(O)O)C(=O)C1.Cc1ccc(C[C@H](NC(=O)C2CCC(=O)N2c2ccccc2)B(O)O)c(C)c1.Cc1ccc(C[C@H](NC(=O)CCN2CCCCS2(=O)=O)B(O)O)c(C)c1.O=C(CN1C(=O)CSC1=O)N[C@@H](Cc1coc2ccccc12)B(O)O. The molecule has 3 aromatic heterocycles. The fraction of sp³-hybridized carbons (Fsp3) is 0.411. The normalized spacial score (nSPS) is 16.7. The molecule has 6 atom stereocenters. The van der Waals surface area contributed by atoms with E-state index in [2.05, 4.69) is 26.6 Å². The van der Waals surface area contributed by atoms with Gasteiger partial charge in [0, 0.05) is 106 Å². The number of benzene rings is 6. The zero-order chi connectivity index (χ0) is 97.9. The highest BCUT2D eigenvalue weighted by atomic mass is 32.2. The Labute approximate surface area is 787 Å². The van der Waals surface area contributed by atoms with Crippen LogP contribution in [0.25, 0.3) is 32.9 Å². The number of furan rings is 3. The van der Waals surface area contributed by atoms with Gasteiger partial charge < -0.3 is 105 Å². The number of nitrogens with one attached hydrogen (secondary N) is 5. The molecule has 5 aliphatic rings. The van der Waals surface area contributed by atoms with E-state index < -0.39 is 129 Å². The molecular weight excluding hydrogens is 1780 g/mol. The van der Waals surface area contributed by atoms with Gasteiger partial charge in [-0.25, -0.2) is 12.7 Å². The Hall–Kier alpha value is -11.5. The van der Waals surface area contributed by atoms with Gasteiger partial charge in [-0.15, -0.1) is 0 Å². The van der Waals surface area contributed by atoms with Crippen molar-refractivity contribution in [2.24, 2.45) is 0 Å². The molecule has 0 spiro atoms. The second-order valence-corrected chi connectivity index (χ2v) is 36.7. The number of likely N-dealkylation sites (N-methyl/N-ethyl adjacent to an activating group) is 2. The number of thioether (sulfide) groups is 1. The molecule has 5 saturated heterocycles. The number of nitrogens with zero attached hydrogens (tertiary/aromatic N) is 7. The Kier molecular flexibility index (Phi) is 39.3. The van der Waals surface area contributed by atoms with Gasteiger partial charge >= 0.3 is 47.4 Å². The predicted octanol–water partition coefficient (Wildman–Crippen LogP) is 1.05. The summed E-state index contributed by atoms with van der Waals surface area (Å²) in [5, 5.41) is 112. The molecular formula is C90H115B5N12O26S2. The lowest BCUT2D eigenvalue weighted by molar-refractivity contribution is -0.156. The molecule has 45 heteroatoms. The van der Waals surface area contributed by atoms with Crippen molar-refractivity contribution in [1.82, 2.24) is 55.4 Å². The van der Waals surface area contributed by atoms with Crippen molar-refractivity contribution in [3.8, 4) is 0 Å². The Morgan fingerprint density at radius 2 is 0.867 bits per heavy atom. The average Bonchev–Trinajstić information content (AvgIpc) is 1.66. The maximum atomic E-state index is 12.9. The van der Waals surface area contributed by atoms with Crippen molar-refractivity contribution in [1.29, 1.82) is 0 Å². The largest absolute Gasteiger partial charge is 0.475 e. The van der Waals surface area contributed by atoms with Crippen LogP contribution in [0.3, 0.4) is 0 Å². The van der Waals surface area contributed by atoms with E-state index in [-0.39, 0.29) is 99.6 Å². The van der Waals surface area contributed by atoms with E-state index >= 15 is 0 Å². The number of aryl methyl sites for hydroxylation is 4. The van der Waals surface area contributed by atoms with Crippen LogP contribution in [0.2, 0.25) is 0 Å². The monoisotopic (exact) mass is 1900 g/mol. The minimum absolute atomic E-state index is 0.000148. The maximum absolute atomic E-state index is 12.9. The fourth-order valence-corrected chi connectivity index (χ4v) is 18.4. The van der Waals surface area contributed by atoms with Gasteiger partial charge in [-0.3, -0.25) is 67.4 Å². The molecule has 0 aliphatic carbocycles. The molecule has 38 nitrogen and oxygen atoms in total. The summed E-state index contributed by atoms with van der Waals surface area (Å²) in [7, 11) is -10.1. The highest BCUT2D eigenvalue weighted by Gasteiger charge is 2.41. The van der Waals surface area contributed by atoms with E-state index in [1.807, 2.05) is 155 Å². The van der Waals surface area contributed by atoms with Crippen LogP contribution in [0, 0.1) is 27.7 Å². The van der Waals surface area contributed by atoms with E-state index in [9.17, 15) is 111 Å². The topological polar surface area (TPSA) is 546 Å². The third-order valence-electron chi connectivity index (χ3n) is 23.6. The third kappa shape index (κ3) is 30.5. The summed E-state index contributed by atoms with van der Waals surface area (Å²) in [6, 6.07) is 42.2. The van der Waals surface area contributed by atoms with E-state index in [0.29, 0.717) is 93.1 Å². The number of para-hydroxylation sites is 4. The van der Waals surface area contributed by atoms with Crippen LogP contribution in [0.1, 0.15) is 102 Å². The van der Waals surface area contributed by atoms with E-state index in [4.69, 9.17) is 13.3 Å². The standard InChI is InChI=1S/C21H25BN2O4.C19H24BN3O6.C18H24BN3O5.C17H27BN2O5S.C15H15BN2O6S/c1-14-8-9-16(15(2)12-14)13-19(22(27)28)23-21(26)18-10-11-20(25)24(18)17-6-4-3-5-7-17;1-2-22-9-10-23(19(26)18(22)25)8-7-17(24)21-16(20(27)28)11-13-12-29-15-6-4-3-5-14(13)15;1-21-8-9-22(18(24)11-21)7-6-17(23)20-16(19(25)26)10-13-12-27-15-5-3-2-4-14(13)15;1-13-5-6-15(14(2)11-13)12-16(18(22)23)19-17(21)7-9-20-8-3-4-10-26(20,24)25;19-13(6-18-14(20)8-25-15(18)21)17-12(16(22)23)5-9-7-24-11-4-2-1-3-10(9)11/h3-9,12,18-19,27-28H,10-11,13H2,1-2H3,(H,23,26);3-6,12,16,27-28H,2,7-11H2,1H3,(H,21,24);2-5,12,16,25-26H,6-11H2,1H3,(H,20,23);5-6,11,16,22-23H,3-4,7-10,12H2,1-2H3,(H,19,21);1-4,7,12,22-23H,5-6,8H2,(H,17,19)/t18?,19-;3*16-;12-/m00000/s1. The third-order valence-corrected chi connectivity index (χ3v) is 26.4. The lowest BCUT2D eigenvalue weighted by Gasteiger charge is -2.33. The van der Waals surface area contributed by atoms with Gasteiger partial charge in [-0.1, -0.05) is 132 Å². The van der Waals surface area contributed by atoms with Crippen LogP contribution >= 0.6 is 11.8 Å². The summed E-state index contributed by atoms with van der Waals surface area (Å²) in [6.45, 7) is 13.2. The number of sulfonamides is 1. The molecule has 0 saturated carbocycles. The number of anilines is 1. The number of carbonyl (C=O) groups is 11. The molecule has 5 fully saturated rings. The first-order valence-electron chi connectivity index (χ1n) is 44.5. The van der Waals surface area contributed by atoms with Gasteiger partial charge in [0.25, 0.3) is 5.24 Å². The fourth-order valence-electron chi connectivity index (χ4n) is 16.0. The lowest BCUT2D eigenvalue weighted by Crippen LogP contribution is -2.55. The number of piperazine rings is 2. The summed E-state index contributed by atoms with van der Waals surface area (Å²) in [5.41, 5.74) is 11.1. The van der Waals surface area contributed by atoms with Crippen molar-refractivity contribution < 1.29 is 125 Å². The second-order valence-electron chi connectivity index (χ2n) is 33.7. The predicted molar refractivity (Wildman–Crippen MR) is 507 cm³/mol. The van der Waals surface area contributed by atoms with E-state index in [1.165, 1.54) is 31.5 Å². The highest BCUT2D eigenvalue weighted by molar-refractivity contribution is 8.14. The van der Waals surface area contributed by atoms with Gasteiger partial charge in [0.15, 0.2) is 0 Å². The van der Waals surface area contributed by atoms with Gasteiger partial charge in [0.1, 0.15) is 29.3 Å². The molecule has 718 valence electrons. The number of imide groups is 1. The first-order valence-corrected chi connectivity index (χ1v) is 47.1. The second kappa shape index (κ2) is 50.3. The van der Waals surface area contributed by atoms with Crippen molar-refractivity contribution in [3.05, 3.63) is 208 Å². The number of amides is 11. The first kappa shape index (κ1) is 106. The van der Waals surface area contributed by atoms with E-state index in [1.54, 1.807) is 42.4 Å². The van der Waals surface area contributed by atoms with Crippen molar-refractivity contribution in [2.45, 2.75) is 147 Å². The van der Waals surface area contributed by atoms with Gasteiger partial charge in [0.05, 0.1) is 66.5 Å². The molecule has 11 amide bonds. The van der Waals surface area contributed by atoms with Crippen molar-refractivity contribution in [3.63, 3.8) is 0 Å². The lowest BCUT2D eigenvalue weighted by atomic mass is 9.75. The zero-order valence-electron chi connectivity index (χ0n) is 76.0. The summed E-state index contributed by atoms with van der Waals surface area (Å²) in [5.74, 6) is -8.27. The first-order chi connectivity index (χ1) is 64.3. The summed E-state index contributed by atoms with van der Waals surface area (Å²) >= 11 is 0.832. The summed E-state index contributed by atoms with van der Waals surface area (Å²) in [6.07, 6.45) is 7.91. The van der Waals surface area contributed by atoms with E-state index in [0.717, 1.165) is 90.3 Å². The maximum Gasteiger partial charge on any atom is 0.475 e. The van der Waals surface area contributed by atoms with Crippen LogP contribution < -0.4 is 31.5 Å². The number of hydrogen-bond acceptors (Lipinski definition) is 28. The number of carbonyl (C=O) groups excluding carboxylic acids is 11. The van der Waals surface area contributed by atoms with Gasteiger partial charge in [-0.05, 0) is 162 Å². The molecule has 14 rings (SSSR count). The molecule has 6 aromatic carbocycles. The molecule has 0 bridgehead atoms. The number of fused-ring (bicyclic) bond motifs is 3. The minimum atomic E-state index is -3.27. The van der Waals surface area contributed by atoms with Gasteiger partial charge in [0.2, 0.25) is 57.3 Å². The van der Waals surface area contributed by atoms with Crippen molar-refractivity contribution >= 4 is 160 Å². The number of hydrogen-bond donors (Lipinski definition) is 15. The van der Waals surface area contributed by atoms with Crippen LogP contribution in [-0.4, -0.2) is 314 Å². The molecule has 5 aliphatic heterocycles. The summed E-state index contributed by atoms with van der Waals surface area (Å²) < 4.78 is 41.5. The zero-order valence-corrected chi connectivity index (χ0v) is 77.6. The quantitative estimate of drug-likeness (QED) is 0.0198. The Morgan fingerprint density at radius 3 is 1.30 bits per heavy atom. The smallest absolute Gasteiger partial charge is 0.464 e. The highest BCUT2D eigenvalue weighted by Crippen LogP contribution is 2.30. The van der Waals surface area contributed by atoms with Crippen LogP contribution in [0.15, 0.2) is 172 Å². The molecule has 0 radical (unpaired) electrons.